The second-order valence-corrected chi connectivity index (χ2v) is 8.44. The van der Waals surface area contributed by atoms with Crippen LogP contribution in [0.25, 0.3) is 22.6 Å². The number of hydrogen-bond acceptors (Lipinski definition) is 7. The number of carbonyl (C=O) groups is 1. The molecule has 0 amide bonds. The predicted molar refractivity (Wildman–Crippen MR) is 132 cm³/mol. The number of aliphatic imine (C=N–C) groups is 1. The molecule has 0 aliphatic carbocycles. The summed E-state index contributed by atoms with van der Waals surface area (Å²) < 4.78 is 19.0. The third-order valence-corrected chi connectivity index (χ3v) is 5.98. The Hall–Kier alpha value is -4.37. The van der Waals surface area contributed by atoms with Crippen molar-refractivity contribution in [3.05, 3.63) is 84.4 Å². The lowest BCUT2D eigenvalue weighted by Gasteiger charge is -2.35. The SMILES string of the molecule is O=C(O)CCCCC1=Nc2cc(-c3cc(-c4cccnc4)on3)ccc2C(O)N1c1ccc(F)cc1. The van der Waals surface area contributed by atoms with Crippen molar-refractivity contribution in [2.45, 2.75) is 31.9 Å². The molecule has 0 spiro atoms. The number of pyridine rings is 1. The first-order valence-corrected chi connectivity index (χ1v) is 11.5. The van der Waals surface area contributed by atoms with E-state index in [1.165, 1.54) is 12.1 Å². The maximum atomic E-state index is 13.5. The molecular weight excluding hydrogens is 463 g/mol. The van der Waals surface area contributed by atoms with Crippen LogP contribution in [0.1, 0.15) is 37.5 Å². The molecule has 1 aliphatic rings. The summed E-state index contributed by atoms with van der Waals surface area (Å²) in [6, 6.07) is 16.8. The minimum atomic E-state index is -1.05. The minimum Gasteiger partial charge on any atom is -0.481 e. The molecule has 8 nitrogen and oxygen atoms in total. The molecule has 0 radical (unpaired) electrons. The summed E-state index contributed by atoms with van der Waals surface area (Å²) in [5, 5.41) is 24.4. The van der Waals surface area contributed by atoms with E-state index in [2.05, 4.69) is 10.1 Å². The van der Waals surface area contributed by atoms with Crippen LogP contribution in [-0.2, 0) is 4.79 Å². The van der Waals surface area contributed by atoms with Crippen LogP contribution in [-0.4, -0.2) is 32.2 Å². The number of halogens is 1. The van der Waals surface area contributed by atoms with Crippen molar-refractivity contribution in [2.75, 3.05) is 4.90 Å². The van der Waals surface area contributed by atoms with Crippen LogP contribution in [0.2, 0.25) is 0 Å². The van der Waals surface area contributed by atoms with E-state index >= 15 is 0 Å². The van der Waals surface area contributed by atoms with Crippen molar-refractivity contribution >= 4 is 23.2 Å². The first-order chi connectivity index (χ1) is 17.5. The number of benzene rings is 2. The standard InChI is InChI=1S/C27H23FN4O4/c28-19-8-10-20(11-9-19)32-25(5-1-2-6-26(33)34)30-23-14-17(7-12-21(23)27(32)35)22-15-24(36-31-22)18-4-3-13-29-16-18/h3-4,7-16,27,35H,1-2,5-6H2,(H,33,34). The third-order valence-electron chi connectivity index (χ3n) is 5.98. The van der Waals surface area contributed by atoms with Crippen molar-refractivity contribution in [3.8, 4) is 22.6 Å². The summed E-state index contributed by atoms with van der Waals surface area (Å²) in [7, 11) is 0. The number of carboxylic acids is 1. The van der Waals surface area contributed by atoms with Gasteiger partial charge in [0.2, 0.25) is 0 Å². The second-order valence-electron chi connectivity index (χ2n) is 8.44. The maximum Gasteiger partial charge on any atom is 0.303 e. The molecule has 4 aromatic rings. The molecule has 182 valence electrons. The van der Waals surface area contributed by atoms with Crippen LogP contribution in [0.3, 0.4) is 0 Å². The Morgan fingerprint density at radius 1 is 1.06 bits per heavy atom. The molecule has 9 heteroatoms. The average Bonchev–Trinajstić information content (AvgIpc) is 3.38. The number of hydrogen-bond donors (Lipinski definition) is 2. The van der Waals surface area contributed by atoms with Gasteiger partial charge in [0.25, 0.3) is 0 Å². The summed E-state index contributed by atoms with van der Waals surface area (Å²) in [5.74, 6) is -0.0842. The van der Waals surface area contributed by atoms with Gasteiger partial charge >= 0.3 is 5.97 Å². The Bertz CT molecular complexity index is 1400. The summed E-state index contributed by atoms with van der Waals surface area (Å²) >= 11 is 0. The van der Waals surface area contributed by atoms with E-state index in [1.807, 2.05) is 30.3 Å². The van der Waals surface area contributed by atoms with Crippen LogP contribution < -0.4 is 4.90 Å². The highest BCUT2D eigenvalue weighted by Crippen LogP contribution is 2.40. The lowest BCUT2D eigenvalue weighted by atomic mass is 10.0. The molecule has 5 rings (SSSR count). The number of carboxylic acid groups (broad SMARTS) is 1. The largest absolute Gasteiger partial charge is 0.481 e. The van der Waals surface area contributed by atoms with Gasteiger partial charge in [-0.2, -0.15) is 0 Å². The molecular formula is C27H23FN4O4. The van der Waals surface area contributed by atoms with E-state index in [-0.39, 0.29) is 12.2 Å². The first-order valence-electron chi connectivity index (χ1n) is 11.5. The average molecular weight is 487 g/mol. The molecule has 1 atom stereocenters. The predicted octanol–water partition coefficient (Wildman–Crippen LogP) is 5.73. The molecule has 0 saturated carbocycles. The highest BCUT2D eigenvalue weighted by atomic mass is 19.1. The molecule has 1 unspecified atom stereocenters. The van der Waals surface area contributed by atoms with Crippen LogP contribution >= 0.6 is 0 Å². The zero-order valence-corrected chi connectivity index (χ0v) is 19.2. The number of anilines is 1. The number of aromatic nitrogens is 2. The quantitative estimate of drug-likeness (QED) is 0.306. The molecule has 2 N–H and O–H groups in total. The molecule has 0 bridgehead atoms. The summed E-state index contributed by atoms with van der Waals surface area (Å²) in [6.07, 6.45) is 3.88. The van der Waals surface area contributed by atoms with Gasteiger partial charge in [-0.05, 0) is 55.3 Å². The maximum absolute atomic E-state index is 13.5. The van der Waals surface area contributed by atoms with E-state index < -0.39 is 12.2 Å². The highest BCUT2D eigenvalue weighted by Gasteiger charge is 2.30. The van der Waals surface area contributed by atoms with Crippen LogP contribution in [0, 0.1) is 5.82 Å². The van der Waals surface area contributed by atoms with Crippen molar-refractivity contribution in [2.24, 2.45) is 4.99 Å². The van der Waals surface area contributed by atoms with E-state index in [0.29, 0.717) is 53.5 Å². The van der Waals surface area contributed by atoms with Crippen LogP contribution in [0.15, 0.2) is 82.6 Å². The normalized spacial score (nSPS) is 14.9. The Morgan fingerprint density at radius 3 is 2.64 bits per heavy atom. The van der Waals surface area contributed by atoms with Gasteiger partial charge in [0, 0.05) is 53.7 Å². The Kier molecular flexibility index (Phi) is 6.55. The fourth-order valence-electron chi connectivity index (χ4n) is 4.17. The van der Waals surface area contributed by atoms with E-state index in [9.17, 15) is 14.3 Å². The van der Waals surface area contributed by atoms with Gasteiger partial charge in [-0.25, -0.2) is 9.38 Å². The lowest BCUT2D eigenvalue weighted by molar-refractivity contribution is -0.137. The fraction of sp³-hybridized carbons (Fsp3) is 0.185. The van der Waals surface area contributed by atoms with Crippen LogP contribution in [0.5, 0.6) is 0 Å². The Balaban J connectivity index is 1.48. The number of fused-ring (bicyclic) bond motifs is 1. The first kappa shape index (κ1) is 23.4. The summed E-state index contributed by atoms with van der Waals surface area (Å²) in [6.45, 7) is 0. The van der Waals surface area contributed by atoms with Gasteiger partial charge < -0.3 is 14.7 Å². The molecule has 36 heavy (non-hydrogen) atoms. The molecule has 2 aromatic carbocycles. The number of aliphatic hydroxyl groups is 1. The highest BCUT2D eigenvalue weighted by molar-refractivity contribution is 6.01. The molecule has 0 fully saturated rings. The van der Waals surface area contributed by atoms with Gasteiger partial charge in [0.1, 0.15) is 17.3 Å². The monoisotopic (exact) mass is 486 g/mol. The lowest BCUT2D eigenvalue weighted by Crippen LogP contribution is -2.37. The van der Waals surface area contributed by atoms with Crippen molar-refractivity contribution in [1.29, 1.82) is 0 Å². The molecule has 1 aliphatic heterocycles. The molecule has 0 saturated heterocycles. The van der Waals surface area contributed by atoms with Crippen molar-refractivity contribution < 1.29 is 23.9 Å². The number of amidine groups is 1. The van der Waals surface area contributed by atoms with Crippen molar-refractivity contribution in [1.82, 2.24) is 10.1 Å². The molecule has 3 heterocycles. The van der Waals surface area contributed by atoms with Gasteiger partial charge in [0.05, 0.1) is 5.69 Å². The zero-order valence-electron chi connectivity index (χ0n) is 19.2. The van der Waals surface area contributed by atoms with Crippen molar-refractivity contribution in [3.63, 3.8) is 0 Å². The van der Waals surface area contributed by atoms with Gasteiger partial charge in [-0.1, -0.05) is 17.3 Å². The van der Waals surface area contributed by atoms with E-state index in [1.54, 1.807) is 35.5 Å². The number of unbranched alkanes of at least 4 members (excludes halogenated alkanes) is 1. The van der Waals surface area contributed by atoms with E-state index in [4.69, 9.17) is 14.6 Å². The Labute approximate surface area is 206 Å². The minimum absolute atomic E-state index is 0.0541. The molecule has 2 aromatic heterocycles. The fourth-order valence-corrected chi connectivity index (χ4v) is 4.17. The Morgan fingerprint density at radius 2 is 1.89 bits per heavy atom. The summed E-state index contributed by atoms with van der Waals surface area (Å²) in [4.78, 5) is 21.5. The zero-order chi connectivity index (χ0) is 25.1. The van der Waals surface area contributed by atoms with Gasteiger partial charge in [-0.15, -0.1) is 0 Å². The van der Waals surface area contributed by atoms with Gasteiger partial charge in [-0.3, -0.25) is 14.7 Å². The summed E-state index contributed by atoms with van der Waals surface area (Å²) in [5.41, 5.74) is 3.95. The number of aliphatic carboxylic acids is 1. The van der Waals surface area contributed by atoms with Crippen LogP contribution in [0.4, 0.5) is 15.8 Å². The number of nitrogens with zero attached hydrogens (tertiary/aromatic N) is 4. The topological polar surface area (TPSA) is 112 Å². The van der Waals surface area contributed by atoms with E-state index in [0.717, 1.165) is 11.1 Å². The number of rotatable bonds is 8. The second kappa shape index (κ2) is 10.1. The van der Waals surface area contributed by atoms with Gasteiger partial charge in [0.15, 0.2) is 12.0 Å². The number of aliphatic hydroxyl groups excluding tert-OH is 1. The smallest absolute Gasteiger partial charge is 0.303 e. The third kappa shape index (κ3) is 4.87.